The van der Waals surface area contributed by atoms with Crippen LogP contribution in [0.25, 0.3) is 11.0 Å². The van der Waals surface area contributed by atoms with E-state index in [-0.39, 0.29) is 17.7 Å². The molecule has 19 heavy (non-hydrogen) atoms. The van der Waals surface area contributed by atoms with E-state index in [0.29, 0.717) is 21.1 Å². The van der Waals surface area contributed by atoms with Crippen molar-refractivity contribution >= 4 is 34.2 Å². The van der Waals surface area contributed by atoms with Crippen molar-refractivity contribution < 1.29 is 4.74 Å². The lowest BCUT2D eigenvalue weighted by Gasteiger charge is -2.13. The summed E-state index contributed by atoms with van der Waals surface area (Å²) in [5.74, 6) is 0.188. The fraction of sp³-hybridized carbons (Fsp3) is 0.308. The smallest absolute Gasteiger partial charge is 0.252 e. The van der Waals surface area contributed by atoms with Gasteiger partial charge in [0, 0.05) is 0 Å². The molecule has 0 amide bonds. The topological polar surface area (TPSA) is 58.8 Å². The highest BCUT2D eigenvalue weighted by atomic mass is 35.5. The van der Waals surface area contributed by atoms with Crippen LogP contribution in [0.2, 0.25) is 10.0 Å². The maximum Gasteiger partial charge on any atom is 0.252 e. The third-order valence-corrected chi connectivity index (χ3v) is 3.30. The van der Waals surface area contributed by atoms with E-state index < -0.39 is 0 Å². The van der Waals surface area contributed by atoms with Gasteiger partial charge >= 0.3 is 0 Å². The van der Waals surface area contributed by atoms with Gasteiger partial charge < -0.3 is 4.74 Å². The summed E-state index contributed by atoms with van der Waals surface area (Å²) in [5, 5.41) is 9.94. The average molecular weight is 296 g/mol. The first-order valence-corrected chi connectivity index (χ1v) is 6.55. The molecule has 0 aliphatic carbocycles. The standard InChI is InChI=1S/C13H11Cl2N3O/c1-3-7(2)19-13-10(6-16)17-11-8(14)4-5-9(15)12(11)18-13/h4-5,7H,3H2,1-2H3. The number of aromatic nitrogens is 2. The van der Waals surface area contributed by atoms with Gasteiger partial charge in [-0.15, -0.1) is 0 Å². The van der Waals surface area contributed by atoms with Gasteiger partial charge in [-0.25, -0.2) is 9.97 Å². The Kier molecular flexibility index (Phi) is 4.08. The third-order valence-electron chi connectivity index (χ3n) is 2.69. The molecule has 1 unspecified atom stereocenters. The summed E-state index contributed by atoms with van der Waals surface area (Å²) in [4.78, 5) is 8.45. The Bertz CT molecular complexity index is 667. The molecule has 0 bridgehead atoms. The lowest BCUT2D eigenvalue weighted by atomic mass is 10.3. The third kappa shape index (κ3) is 2.73. The van der Waals surface area contributed by atoms with Gasteiger partial charge in [0.15, 0.2) is 0 Å². The molecule has 0 fully saturated rings. The Morgan fingerprint density at radius 2 is 1.84 bits per heavy atom. The van der Waals surface area contributed by atoms with Gasteiger partial charge in [-0.3, -0.25) is 0 Å². The van der Waals surface area contributed by atoms with Gasteiger partial charge in [0.25, 0.3) is 5.88 Å². The fourth-order valence-corrected chi connectivity index (χ4v) is 1.88. The SMILES string of the molecule is CCC(C)Oc1nc2c(Cl)ccc(Cl)c2nc1C#N. The van der Waals surface area contributed by atoms with E-state index in [1.54, 1.807) is 12.1 Å². The zero-order chi connectivity index (χ0) is 14.0. The van der Waals surface area contributed by atoms with Crippen LogP contribution >= 0.6 is 23.2 Å². The lowest BCUT2D eigenvalue weighted by molar-refractivity contribution is 0.208. The predicted octanol–water partition coefficient (Wildman–Crippen LogP) is 3.99. The molecular weight excluding hydrogens is 285 g/mol. The van der Waals surface area contributed by atoms with Crippen molar-refractivity contribution in [3.05, 3.63) is 27.9 Å². The zero-order valence-corrected chi connectivity index (χ0v) is 12.0. The molecule has 0 aliphatic heterocycles. The monoisotopic (exact) mass is 295 g/mol. The summed E-state index contributed by atoms with van der Waals surface area (Å²) in [5.41, 5.74) is 0.950. The average Bonchev–Trinajstić information content (AvgIpc) is 2.42. The van der Waals surface area contributed by atoms with Crippen LogP contribution in [0.5, 0.6) is 5.88 Å². The van der Waals surface area contributed by atoms with Crippen LogP contribution in [0.3, 0.4) is 0 Å². The van der Waals surface area contributed by atoms with E-state index in [4.69, 9.17) is 33.2 Å². The maximum absolute atomic E-state index is 9.12. The molecule has 0 saturated heterocycles. The van der Waals surface area contributed by atoms with Gasteiger partial charge in [-0.05, 0) is 25.5 Å². The highest BCUT2D eigenvalue weighted by Gasteiger charge is 2.15. The van der Waals surface area contributed by atoms with Crippen LogP contribution in [0.15, 0.2) is 12.1 Å². The van der Waals surface area contributed by atoms with E-state index in [2.05, 4.69) is 9.97 Å². The number of rotatable bonds is 3. The number of hydrogen-bond donors (Lipinski definition) is 0. The maximum atomic E-state index is 9.12. The molecule has 1 aromatic carbocycles. The second-order valence-electron chi connectivity index (χ2n) is 4.05. The van der Waals surface area contributed by atoms with Gasteiger partial charge in [0.05, 0.1) is 16.1 Å². The van der Waals surface area contributed by atoms with Crippen molar-refractivity contribution in [1.82, 2.24) is 9.97 Å². The first-order valence-electron chi connectivity index (χ1n) is 5.79. The number of nitrogens with zero attached hydrogens (tertiary/aromatic N) is 3. The van der Waals surface area contributed by atoms with Crippen LogP contribution in [-0.4, -0.2) is 16.1 Å². The molecule has 0 N–H and O–H groups in total. The Hall–Kier alpha value is -1.57. The second kappa shape index (κ2) is 5.60. The Morgan fingerprint density at radius 3 is 2.37 bits per heavy atom. The van der Waals surface area contributed by atoms with Crippen LogP contribution in [0.4, 0.5) is 0 Å². The summed E-state index contributed by atoms with van der Waals surface area (Å²) in [6, 6.07) is 5.22. The van der Waals surface area contributed by atoms with Gasteiger partial charge in [-0.2, -0.15) is 5.26 Å². The fourth-order valence-electron chi connectivity index (χ4n) is 1.49. The number of ether oxygens (including phenoxy) is 1. The minimum absolute atomic E-state index is 0.0585. The summed E-state index contributed by atoms with van der Waals surface area (Å²) in [6.07, 6.45) is 0.741. The van der Waals surface area contributed by atoms with Gasteiger partial charge in [-0.1, -0.05) is 30.1 Å². The van der Waals surface area contributed by atoms with Gasteiger partial charge in [0.1, 0.15) is 17.1 Å². The number of benzene rings is 1. The normalized spacial score (nSPS) is 12.2. The van der Waals surface area contributed by atoms with Crippen molar-refractivity contribution in [2.24, 2.45) is 0 Å². The molecule has 2 rings (SSSR count). The Labute approximate surface area is 120 Å². The Morgan fingerprint density at radius 1 is 1.26 bits per heavy atom. The molecule has 0 radical (unpaired) electrons. The molecule has 1 aromatic heterocycles. The molecule has 0 spiro atoms. The number of fused-ring (bicyclic) bond motifs is 1. The van der Waals surface area contributed by atoms with E-state index in [1.807, 2.05) is 19.9 Å². The summed E-state index contributed by atoms with van der Waals surface area (Å²) in [6.45, 7) is 3.88. The summed E-state index contributed by atoms with van der Waals surface area (Å²) < 4.78 is 5.59. The van der Waals surface area contributed by atoms with Gasteiger partial charge in [0.2, 0.25) is 5.69 Å². The summed E-state index contributed by atoms with van der Waals surface area (Å²) >= 11 is 12.1. The molecule has 98 valence electrons. The number of nitriles is 1. The van der Waals surface area contributed by atoms with Crippen LogP contribution in [0, 0.1) is 11.3 Å². The number of hydrogen-bond acceptors (Lipinski definition) is 4. The van der Waals surface area contributed by atoms with E-state index >= 15 is 0 Å². The largest absolute Gasteiger partial charge is 0.473 e. The molecule has 1 atom stereocenters. The quantitative estimate of drug-likeness (QED) is 0.859. The van der Waals surface area contributed by atoms with Crippen molar-refractivity contribution in [2.75, 3.05) is 0 Å². The number of halogens is 2. The van der Waals surface area contributed by atoms with E-state index in [0.717, 1.165) is 6.42 Å². The minimum atomic E-state index is -0.0585. The molecule has 4 nitrogen and oxygen atoms in total. The zero-order valence-electron chi connectivity index (χ0n) is 10.4. The van der Waals surface area contributed by atoms with Crippen molar-refractivity contribution in [1.29, 1.82) is 5.26 Å². The minimum Gasteiger partial charge on any atom is -0.473 e. The first-order chi connectivity index (χ1) is 9.06. The van der Waals surface area contributed by atoms with E-state index in [1.165, 1.54) is 0 Å². The van der Waals surface area contributed by atoms with Crippen molar-refractivity contribution in [3.63, 3.8) is 0 Å². The molecule has 0 aliphatic rings. The highest BCUT2D eigenvalue weighted by Crippen LogP contribution is 2.30. The highest BCUT2D eigenvalue weighted by molar-refractivity contribution is 6.39. The predicted molar refractivity (Wildman–Crippen MR) is 74.7 cm³/mol. The first kappa shape index (κ1) is 13.9. The van der Waals surface area contributed by atoms with Crippen LogP contribution in [-0.2, 0) is 0 Å². The molecular formula is C13H11Cl2N3O. The van der Waals surface area contributed by atoms with Crippen molar-refractivity contribution in [2.45, 2.75) is 26.4 Å². The van der Waals surface area contributed by atoms with E-state index in [9.17, 15) is 0 Å². The Balaban J connectivity index is 2.65. The molecule has 1 heterocycles. The van der Waals surface area contributed by atoms with Crippen LogP contribution < -0.4 is 4.74 Å². The summed E-state index contributed by atoms with van der Waals surface area (Å²) in [7, 11) is 0. The van der Waals surface area contributed by atoms with Crippen LogP contribution in [0.1, 0.15) is 26.0 Å². The molecule has 6 heteroatoms. The second-order valence-corrected chi connectivity index (χ2v) is 4.87. The molecule has 2 aromatic rings. The van der Waals surface area contributed by atoms with Crippen molar-refractivity contribution in [3.8, 4) is 11.9 Å². The lowest BCUT2D eigenvalue weighted by Crippen LogP contribution is -2.12. The molecule has 0 saturated carbocycles.